The average Bonchev–Trinajstić information content (AvgIpc) is 3.25. The van der Waals surface area contributed by atoms with Crippen molar-refractivity contribution in [3.8, 4) is 0 Å². The van der Waals surface area contributed by atoms with E-state index in [2.05, 4.69) is 48.3 Å². The zero-order chi connectivity index (χ0) is 14.8. The summed E-state index contributed by atoms with van der Waals surface area (Å²) < 4.78 is 0. The van der Waals surface area contributed by atoms with Crippen molar-refractivity contribution in [1.29, 1.82) is 0 Å². The molecule has 1 unspecified atom stereocenters. The minimum absolute atomic E-state index is 0.0277. The van der Waals surface area contributed by atoms with Crippen LogP contribution in [0, 0.1) is 0 Å². The van der Waals surface area contributed by atoms with Crippen molar-refractivity contribution in [2.24, 2.45) is 0 Å². The molecule has 1 saturated carbocycles. The zero-order valence-electron chi connectivity index (χ0n) is 13.0. The lowest BCUT2D eigenvalue weighted by molar-refractivity contribution is -0.118. The van der Waals surface area contributed by atoms with E-state index in [-0.39, 0.29) is 11.9 Å². The molecule has 1 amide bonds. The summed E-state index contributed by atoms with van der Waals surface area (Å²) in [6, 6.07) is 9.01. The van der Waals surface area contributed by atoms with Gasteiger partial charge < -0.3 is 15.1 Å². The van der Waals surface area contributed by atoms with Gasteiger partial charge in [-0.25, -0.2) is 0 Å². The van der Waals surface area contributed by atoms with E-state index in [1.807, 2.05) is 4.90 Å². The van der Waals surface area contributed by atoms with Crippen molar-refractivity contribution < 1.29 is 4.79 Å². The van der Waals surface area contributed by atoms with Crippen molar-refractivity contribution in [2.75, 3.05) is 29.4 Å². The van der Waals surface area contributed by atoms with Crippen molar-refractivity contribution in [3.63, 3.8) is 0 Å². The molecule has 1 aliphatic heterocycles. The Morgan fingerprint density at radius 3 is 2.38 bits per heavy atom. The van der Waals surface area contributed by atoms with E-state index < -0.39 is 0 Å². The summed E-state index contributed by atoms with van der Waals surface area (Å²) in [5.74, 6) is 0.234. The average molecular weight is 287 g/mol. The van der Waals surface area contributed by atoms with Gasteiger partial charge in [-0.1, -0.05) is 0 Å². The second-order valence-electron chi connectivity index (χ2n) is 5.96. The lowest BCUT2D eigenvalue weighted by atomic mass is 10.2. The summed E-state index contributed by atoms with van der Waals surface area (Å²) in [6.45, 7) is 7.16. The lowest BCUT2D eigenvalue weighted by Gasteiger charge is -2.23. The number of nitrogens with zero attached hydrogens (tertiary/aromatic N) is 2. The first-order chi connectivity index (χ1) is 10.2. The fourth-order valence-corrected chi connectivity index (χ4v) is 3.06. The number of hydrogen-bond acceptors (Lipinski definition) is 3. The summed E-state index contributed by atoms with van der Waals surface area (Å²) in [5.41, 5.74) is 2.25. The summed E-state index contributed by atoms with van der Waals surface area (Å²) in [5, 5.41) is 3.45. The van der Waals surface area contributed by atoms with Gasteiger partial charge in [0.2, 0.25) is 5.91 Å². The fourth-order valence-electron chi connectivity index (χ4n) is 3.06. The van der Waals surface area contributed by atoms with Crippen LogP contribution >= 0.6 is 0 Å². The number of amides is 1. The number of hydrogen-bond donors (Lipinski definition) is 1. The minimum atomic E-state index is 0.0277. The van der Waals surface area contributed by atoms with Gasteiger partial charge in [-0.15, -0.1) is 0 Å². The van der Waals surface area contributed by atoms with Gasteiger partial charge in [0.1, 0.15) is 0 Å². The third-order valence-corrected chi connectivity index (χ3v) is 4.51. The third kappa shape index (κ3) is 3.05. The normalized spacial score (nSPS) is 21.9. The Morgan fingerprint density at radius 2 is 1.81 bits per heavy atom. The molecule has 0 bridgehead atoms. The highest BCUT2D eigenvalue weighted by atomic mass is 16.2. The maximum Gasteiger partial charge on any atom is 0.244 e. The molecule has 21 heavy (non-hydrogen) atoms. The van der Waals surface area contributed by atoms with Crippen LogP contribution in [0.2, 0.25) is 0 Å². The molecule has 3 rings (SSSR count). The van der Waals surface area contributed by atoms with E-state index in [0.29, 0.717) is 6.04 Å². The first-order valence-electron chi connectivity index (χ1n) is 8.15. The van der Waals surface area contributed by atoms with Crippen molar-refractivity contribution >= 4 is 17.3 Å². The molecule has 4 heteroatoms. The van der Waals surface area contributed by atoms with E-state index in [4.69, 9.17) is 0 Å². The van der Waals surface area contributed by atoms with Gasteiger partial charge in [0.15, 0.2) is 0 Å². The summed E-state index contributed by atoms with van der Waals surface area (Å²) in [4.78, 5) is 16.7. The molecule has 4 nitrogen and oxygen atoms in total. The second kappa shape index (κ2) is 6.06. The third-order valence-electron chi connectivity index (χ3n) is 4.51. The highest BCUT2D eigenvalue weighted by Gasteiger charge is 2.36. The molecule has 0 spiro atoms. The van der Waals surface area contributed by atoms with Crippen LogP contribution in [-0.4, -0.2) is 37.6 Å². The van der Waals surface area contributed by atoms with Crippen LogP contribution in [0.25, 0.3) is 0 Å². The Morgan fingerprint density at radius 1 is 1.14 bits per heavy atom. The van der Waals surface area contributed by atoms with Gasteiger partial charge in [0, 0.05) is 37.1 Å². The summed E-state index contributed by atoms with van der Waals surface area (Å²) in [7, 11) is 0. The van der Waals surface area contributed by atoms with E-state index >= 15 is 0 Å². The number of benzene rings is 1. The number of nitrogens with one attached hydrogen (secondary N) is 1. The minimum Gasteiger partial charge on any atom is -0.372 e. The molecule has 114 valence electrons. The number of rotatable bonds is 6. The van der Waals surface area contributed by atoms with Crippen molar-refractivity contribution in [1.82, 2.24) is 5.32 Å². The van der Waals surface area contributed by atoms with Gasteiger partial charge in [-0.2, -0.15) is 0 Å². The van der Waals surface area contributed by atoms with E-state index in [0.717, 1.165) is 31.7 Å². The predicted molar refractivity (Wildman–Crippen MR) is 86.9 cm³/mol. The van der Waals surface area contributed by atoms with E-state index in [1.54, 1.807) is 0 Å². The smallest absolute Gasteiger partial charge is 0.244 e. The largest absolute Gasteiger partial charge is 0.372 e. The van der Waals surface area contributed by atoms with Crippen LogP contribution in [-0.2, 0) is 4.79 Å². The first kappa shape index (κ1) is 14.4. The molecule has 2 aliphatic rings. The van der Waals surface area contributed by atoms with Crippen LogP contribution < -0.4 is 15.1 Å². The molecule has 1 N–H and O–H groups in total. The van der Waals surface area contributed by atoms with Gasteiger partial charge in [0.25, 0.3) is 0 Å². The number of carbonyl (C=O) groups is 1. The zero-order valence-corrected chi connectivity index (χ0v) is 13.0. The van der Waals surface area contributed by atoms with Crippen LogP contribution in [0.3, 0.4) is 0 Å². The Kier molecular flexibility index (Phi) is 4.15. The quantitative estimate of drug-likeness (QED) is 0.872. The molecular weight excluding hydrogens is 262 g/mol. The summed E-state index contributed by atoms with van der Waals surface area (Å²) >= 11 is 0. The van der Waals surface area contributed by atoms with E-state index in [1.165, 1.54) is 18.5 Å². The summed E-state index contributed by atoms with van der Waals surface area (Å²) in [6.07, 6.45) is 3.37. The Hall–Kier alpha value is -1.55. The van der Waals surface area contributed by atoms with E-state index in [9.17, 15) is 4.79 Å². The maximum absolute atomic E-state index is 12.5. The molecule has 0 aromatic heterocycles. The number of carbonyl (C=O) groups excluding carboxylic acids is 1. The van der Waals surface area contributed by atoms with Crippen LogP contribution in [0.4, 0.5) is 11.4 Å². The van der Waals surface area contributed by atoms with Crippen LogP contribution in [0.5, 0.6) is 0 Å². The molecule has 1 saturated heterocycles. The first-order valence-corrected chi connectivity index (χ1v) is 8.15. The molecule has 1 aromatic carbocycles. The van der Waals surface area contributed by atoms with Crippen molar-refractivity contribution in [2.45, 2.75) is 45.2 Å². The van der Waals surface area contributed by atoms with Gasteiger partial charge >= 0.3 is 0 Å². The van der Waals surface area contributed by atoms with Crippen LogP contribution in [0.15, 0.2) is 24.3 Å². The Balaban J connectivity index is 1.67. The fraction of sp³-hybridized carbons (Fsp3) is 0.588. The molecule has 1 heterocycles. The maximum atomic E-state index is 12.5. The van der Waals surface area contributed by atoms with Gasteiger partial charge in [-0.05, 0) is 57.4 Å². The molecule has 0 radical (unpaired) electrons. The Labute approximate surface area is 127 Å². The number of anilines is 2. The Bertz CT molecular complexity index is 491. The predicted octanol–water partition coefficient (Wildman–Crippen LogP) is 2.39. The monoisotopic (exact) mass is 287 g/mol. The topological polar surface area (TPSA) is 35.6 Å². The molecule has 2 fully saturated rings. The van der Waals surface area contributed by atoms with Gasteiger partial charge in [0.05, 0.1) is 6.04 Å². The lowest BCUT2D eigenvalue weighted by Crippen LogP contribution is -2.39. The molecule has 1 aliphatic carbocycles. The molecule has 1 atom stereocenters. The molecular formula is C17H25N3O. The van der Waals surface area contributed by atoms with Gasteiger partial charge in [-0.3, -0.25) is 4.79 Å². The standard InChI is InChI=1S/C17H25N3O/c1-3-19(4-2)14-7-9-15(10-8-14)20-12-11-16(17(20)21)18-13-5-6-13/h7-10,13,16,18H,3-6,11-12H2,1-2H3. The SMILES string of the molecule is CCN(CC)c1ccc(N2CCC(NC3CC3)C2=O)cc1. The van der Waals surface area contributed by atoms with Crippen LogP contribution in [0.1, 0.15) is 33.1 Å². The highest BCUT2D eigenvalue weighted by molar-refractivity contribution is 5.99. The van der Waals surface area contributed by atoms with Crippen molar-refractivity contribution in [3.05, 3.63) is 24.3 Å². The highest BCUT2D eigenvalue weighted by Crippen LogP contribution is 2.27. The molecule has 1 aromatic rings. The second-order valence-corrected chi connectivity index (χ2v) is 5.96.